The molecule has 0 heterocycles. The van der Waals surface area contributed by atoms with Crippen molar-refractivity contribution in [3.05, 3.63) is 29.3 Å². The highest BCUT2D eigenvalue weighted by molar-refractivity contribution is 5.78. The number of anilines is 1. The molecule has 18 heavy (non-hydrogen) atoms. The lowest BCUT2D eigenvalue weighted by Crippen LogP contribution is -2.17. The van der Waals surface area contributed by atoms with Crippen molar-refractivity contribution >= 4 is 11.5 Å². The van der Waals surface area contributed by atoms with Gasteiger partial charge in [-0.2, -0.15) is 5.26 Å². The molecule has 1 aliphatic carbocycles. The van der Waals surface area contributed by atoms with E-state index in [0.717, 1.165) is 30.5 Å². The average molecular weight is 242 g/mol. The van der Waals surface area contributed by atoms with Crippen LogP contribution in [-0.4, -0.2) is 11.8 Å². The van der Waals surface area contributed by atoms with Crippen molar-refractivity contribution in [3.63, 3.8) is 0 Å². The molecule has 2 unspecified atom stereocenters. The minimum atomic E-state index is 0.223. The number of hydrogen-bond donors (Lipinski definition) is 1. The number of nitriles is 1. The van der Waals surface area contributed by atoms with E-state index in [1.165, 1.54) is 0 Å². The second-order valence-corrected chi connectivity index (χ2v) is 5.10. The molecule has 1 aliphatic rings. The lowest BCUT2D eigenvalue weighted by Gasteiger charge is -2.16. The Bertz CT molecular complexity index is 502. The van der Waals surface area contributed by atoms with Crippen molar-refractivity contribution in [2.45, 2.75) is 39.2 Å². The standard InChI is InChI=1S/C15H18N2O/c1-10-7-12(9-16)3-6-15(10)17-14-5-4-13(8-14)11(2)18/h3,6-7,13-14,17H,4-5,8H2,1-2H3. The third-order valence-electron chi connectivity index (χ3n) is 3.72. The summed E-state index contributed by atoms with van der Waals surface area (Å²) in [5.41, 5.74) is 2.84. The molecule has 0 saturated heterocycles. The molecule has 0 aromatic heterocycles. The summed E-state index contributed by atoms with van der Waals surface area (Å²) in [6.45, 7) is 3.68. The van der Waals surface area contributed by atoms with Gasteiger partial charge in [-0.25, -0.2) is 0 Å². The molecule has 0 aliphatic heterocycles. The second kappa shape index (κ2) is 5.22. The number of benzene rings is 1. The van der Waals surface area contributed by atoms with Crippen LogP contribution in [0.5, 0.6) is 0 Å². The van der Waals surface area contributed by atoms with Gasteiger partial charge in [-0.1, -0.05) is 0 Å². The molecule has 2 atom stereocenters. The van der Waals surface area contributed by atoms with Gasteiger partial charge in [0.1, 0.15) is 5.78 Å². The van der Waals surface area contributed by atoms with Gasteiger partial charge in [-0.15, -0.1) is 0 Å². The first kappa shape index (κ1) is 12.6. The molecule has 3 heteroatoms. The van der Waals surface area contributed by atoms with Crippen LogP contribution >= 0.6 is 0 Å². The van der Waals surface area contributed by atoms with Gasteiger partial charge < -0.3 is 5.32 Å². The van der Waals surface area contributed by atoms with Crippen LogP contribution in [0.3, 0.4) is 0 Å². The van der Waals surface area contributed by atoms with Crippen molar-refractivity contribution in [2.24, 2.45) is 5.92 Å². The monoisotopic (exact) mass is 242 g/mol. The molecule has 94 valence electrons. The van der Waals surface area contributed by atoms with Crippen molar-refractivity contribution in [1.29, 1.82) is 5.26 Å². The molecule has 2 rings (SSSR count). The summed E-state index contributed by atoms with van der Waals surface area (Å²) in [7, 11) is 0. The third-order valence-corrected chi connectivity index (χ3v) is 3.72. The SMILES string of the molecule is CC(=O)C1CCC(Nc2ccc(C#N)cc2C)C1. The predicted molar refractivity (Wildman–Crippen MR) is 71.3 cm³/mol. The van der Waals surface area contributed by atoms with Gasteiger partial charge in [-0.3, -0.25) is 4.79 Å². The van der Waals surface area contributed by atoms with E-state index in [9.17, 15) is 4.79 Å². The molecule has 1 aromatic carbocycles. The van der Waals surface area contributed by atoms with Crippen LogP contribution in [0.25, 0.3) is 0 Å². The van der Waals surface area contributed by atoms with Gasteiger partial charge in [0.15, 0.2) is 0 Å². The minimum absolute atomic E-state index is 0.223. The van der Waals surface area contributed by atoms with E-state index in [4.69, 9.17) is 5.26 Å². The molecule has 0 amide bonds. The fourth-order valence-electron chi connectivity index (χ4n) is 2.60. The lowest BCUT2D eigenvalue weighted by molar-refractivity contribution is -0.120. The van der Waals surface area contributed by atoms with Crippen LogP contribution in [0, 0.1) is 24.2 Å². The van der Waals surface area contributed by atoms with Crippen molar-refractivity contribution < 1.29 is 4.79 Å². The number of aryl methyl sites for hydroxylation is 1. The average Bonchev–Trinajstić information content (AvgIpc) is 2.80. The second-order valence-electron chi connectivity index (χ2n) is 5.10. The fraction of sp³-hybridized carbons (Fsp3) is 0.467. The summed E-state index contributed by atoms with van der Waals surface area (Å²) in [4.78, 5) is 11.3. The smallest absolute Gasteiger partial charge is 0.132 e. The number of nitrogens with one attached hydrogen (secondary N) is 1. The van der Waals surface area contributed by atoms with Gasteiger partial charge >= 0.3 is 0 Å². The van der Waals surface area contributed by atoms with Gasteiger partial charge in [-0.05, 0) is 56.9 Å². The van der Waals surface area contributed by atoms with E-state index in [1.807, 2.05) is 25.1 Å². The normalized spacial score (nSPS) is 22.5. The van der Waals surface area contributed by atoms with Crippen LogP contribution < -0.4 is 5.32 Å². The van der Waals surface area contributed by atoms with Gasteiger partial charge in [0.05, 0.1) is 11.6 Å². The fourth-order valence-corrected chi connectivity index (χ4v) is 2.60. The summed E-state index contributed by atoms with van der Waals surface area (Å²) in [6, 6.07) is 8.19. The first-order valence-electron chi connectivity index (χ1n) is 6.38. The first-order valence-corrected chi connectivity index (χ1v) is 6.38. The quantitative estimate of drug-likeness (QED) is 0.886. The van der Waals surface area contributed by atoms with Gasteiger partial charge in [0, 0.05) is 17.6 Å². The van der Waals surface area contributed by atoms with Gasteiger partial charge in [0.25, 0.3) is 0 Å². The summed E-state index contributed by atoms with van der Waals surface area (Å²) >= 11 is 0. The third kappa shape index (κ3) is 2.70. The number of carbonyl (C=O) groups is 1. The lowest BCUT2D eigenvalue weighted by atomic mass is 10.0. The zero-order valence-electron chi connectivity index (χ0n) is 10.9. The molecule has 0 bridgehead atoms. The Hall–Kier alpha value is -1.82. The van der Waals surface area contributed by atoms with E-state index in [1.54, 1.807) is 6.92 Å². The van der Waals surface area contributed by atoms with Crippen molar-refractivity contribution in [1.82, 2.24) is 0 Å². The topological polar surface area (TPSA) is 52.9 Å². The molecule has 1 aromatic rings. The Morgan fingerprint density at radius 2 is 2.22 bits per heavy atom. The summed E-state index contributed by atoms with van der Waals surface area (Å²) in [6.07, 6.45) is 2.96. The number of ketones is 1. The molecule has 0 radical (unpaired) electrons. The molecule has 3 nitrogen and oxygen atoms in total. The largest absolute Gasteiger partial charge is 0.382 e. The molecular formula is C15H18N2O. The highest BCUT2D eigenvalue weighted by Crippen LogP contribution is 2.29. The molecule has 0 spiro atoms. The van der Waals surface area contributed by atoms with Crippen LogP contribution in [0.4, 0.5) is 5.69 Å². The molecular weight excluding hydrogens is 224 g/mol. The Balaban J connectivity index is 2.03. The first-order chi connectivity index (χ1) is 8.60. The number of carbonyl (C=O) groups excluding carboxylic acids is 1. The number of hydrogen-bond acceptors (Lipinski definition) is 3. The summed E-state index contributed by atoms with van der Waals surface area (Å²) in [5.74, 6) is 0.525. The Labute approximate surface area is 108 Å². The van der Waals surface area contributed by atoms with E-state index in [2.05, 4.69) is 11.4 Å². The zero-order chi connectivity index (χ0) is 13.1. The summed E-state index contributed by atoms with van der Waals surface area (Å²) in [5, 5.41) is 12.3. The Morgan fingerprint density at radius 3 is 2.78 bits per heavy atom. The highest BCUT2D eigenvalue weighted by Gasteiger charge is 2.27. The maximum absolute atomic E-state index is 11.3. The highest BCUT2D eigenvalue weighted by atomic mass is 16.1. The Kier molecular flexibility index (Phi) is 3.66. The van der Waals surface area contributed by atoms with E-state index in [-0.39, 0.29) is 5.92 Å². The number of nitrogens with zero attached hydrogens (tertiary/aromatic N) is 1. The van der Waals surface area contributed by atoms with E-state index >= 15 is 0 Å². The molecule has 1 saturated carbocycles. The van der Waals surface area contributed by atoms with Crippen LogP contribution in [0.2, 0.25) is 0 Å². The minimum Gasteiger partial charge on any atom is -0.382 e. The molecule has 1 fully saturated rings. The van der Waals surface area contributed by atoms with Crippen LogP contribution in [0.15, 0.2) is 18.2 Å². The number of Topliss-reactive ketones (excluding diaryl/α,β-unsaturated/α-hetero) is 1. The maximum Gasteiger partial charge on any atom is 0.132 e. The van der Waals surface area contributed by atoms with E-state index < -0.39 is 0 Å². The number of rotatable bonds is 3. The Morgan fingerprint density at radius 1 is 1.44 bits per heavy atom. The summed E-state index contributed by atoms with van der Waals surface area (Å²) < 4.78 is 0. The van der Waals surface area contributed by atoms with Crippen LogP contribution in [0.1, 0.15) is 37.3 Å². The van der Waals surface area contributed by atoms with E-state index in [0.29, 0.717) is 17.4 Å². The van der Waals surface area contributed by atoms with Crippen molar-refractivity contribution in [2.75, 3.05) is 5.32 Å². The van der Waals surface area contributed by atoms with Crippen molar-refractivity contribution in [3.8, 4) is 6.07 Å². The zero-order valence-corrected chi connectivity index (χ0v) is 10.9. The molecule has 1 N–H and O–H groups in total. The maximum atomic E-state index is 11.3. The van der Waals surface area contributed by atoms with Crippen LogP contribution in [-0.2, 0) is 4.79 Å². The predicted octanol–water partition coefficient (Wildman–Crippen LogP) is 3.04. The van der Waals surface area contributed by atoms with Gasteiger partial charge in [0.2, 0.25) is 0 Å².